The third-order valence-corrected chi connectivity index (χ3v) is 4.07. The van der Waals surface area contributed by atoms with Gasteiger partial charge >= 0.3 is 0 Å². The van der Waals surface area contributed by atoms with E-state index in [1.165, 1.54) is 12.3 Å². The minimum absolute atomic E-state index is 0.0545. The zero-order valence-corrected chi connectivity index (χ0v) is 10.8. The third-order valence-electron chi connectivity index (χ3n) is 4.07. The van der Waals surface area contributed by atoms with Crippen molar-refractivity contribution >= 4 is 5.91 Å². The van der Waals surface area contributed by atoms with Gasteiger partial charge in [-0.1, -0.05) is 20.8 Å². The summed E-state index contributed by atoms with van der Waals surface area (Å²) in [6.45, 7) is 6.00. The molecule has 6 nitrogen and oxygen atoms in total. The first-order chi connectivity index (χ1) is 8.37. The Labute approximate surface area is 106 Å². The van der Waals surface area contributed by atoms with Crippen LogP contribution < -0.4 is 5.32 Å². The lowest BCUT2D eigenvalue weighted by molar-refractivity contribution is -0.153. The molecular weight excluding hydrogens is 236 g/mol. The molecule has 4 atom stereocenters. The number of amides is 1. The Bertz CT molecular complexity index is 369. The summed E-state index contributed by atoms with van der Waals surface area (Å²) in [7, 11) is 0. The van der Waals surface area contributed by atoms with Crippen LogP contribution in [0.4, 0.5) is 0 Å². The van der Waals surface area contributed by atoms with E-state index in [-0.39, 0.29) is 30.0 Å². The fourth-order valence-electron chi connectivity index (χ4n) is 2.51. The van der Waals surface area contributed by atoms with E-state index in [9.17, 15) is 15.0 Å². The number of ether oxygens (including phenoxy) is 1. The highest BCUT2D eigenvalue weighted by Crippen LogP contribution is 2.44. The van der Waals surface area contributed by atoms with E-state index < -0.39 is 12.6 Å². The normalized spacial score (nSPS) is 38.9. The minimum atomic E-state index is -1.10. The second kappa shape index (κ2) is 4.53. The highest BCUT2D eigenvalue weighted by molar-refractivity contribution is 5.88. The highest BCUT2D eigenvalue weighted by Gasteiger charge is 2.51. The highest BCUT2D eigenvalue weighted by atomic mass is 16.5. The van der Waals surface area contributed by atoms with E-state index >= 15 is 0 Å². The van der Waals surface area contributed by atoms with E-state index in [1.807, 2.05) is 20.8 Å². The average Bonchev–Trinajstić information content (AvgIpc) is 2.52. The minimum Gasteiger partial charge on any atom is -0.394 e. The summed E-state index contributed by atoms with van der Waals surface area (Å²) in [5, 5.41) is 21.6. The number of aliphatic hydroxyl groups excluding tert-OH is 2. The summed E-state index contributed by atoms with van der Waals surface area (Å²) in [5.74, 6) is -0.188. The SMILES string of the molecule is CC1C(CO)OC(N2C=CC(=O)NC2O)C1(C)C. The Kier molecular flexibility index (Phi) is 3.35. The zero-order valence-electron chi connectivity index (χ0n) is 10.8. The van der Waals surface area contributed by atoms with Gasteiger partial charge in [0.25, 0.3) is 0 Å². The molecule has 0 spiro atoms. The predicted octanol–water partition coefficient (Wildman–Crippen LogP) is -0.413. The molecule has 0 radical (unpaired) electrons. The molecule has 3 N–H and O–H groups in total. The first-order valence-electron chi connectivity index (χ1n) is 6.08. The third kappa shape index (κ3) is 2.00. The molecular formula is C12H20N2O4. The molecule has 6 heteroatoms. The predicted molar refractivity (Wildman–Crippen MR) is 63.8 cm³/mol. The number of nitrogens with one attached hydrogen (secondary N) is 1. The number of hydrogen-bond donors (Lipinski definition) is 3. The molecule has 0 aliphatic carbocycles. The summed E-state index contributed by atoms with van der Waals surface area (Å²) in [6.07, 6.45) is 1.13. The van der Waals surface area contributed by atoms with Crippen LogP contribution >= 0.6 is 0 Å². The van der Waals surface area contributed by atoms with Crippen LogP contribution in [-0.4, -0.2) is 46.3 Å². The lowest BCUT2D eigenvalue weighted by atomic mass is 9.78. The van der Waals surface area contributed by atoms with Crippen molar-refractivity contribution in [1.29, 1.82) is 0 Å². The van der Waals surface area contributed by atoms with E-state index in [4.69, 9.17) is 4.74 Å². The topological polar surface area (TPSA) is 82.0 Å². The molecule has 102 valence electrons. The Morgan fingerprint density at radius 3 is 2.72 bits per heavy atom. The van der Waals surface area contributed by atoms with Crippen LogP contribution in [0.25, 0.3) is 0 Å². The Morgan fingerprint density at radius 1 is 1.56 bits per heavy atom. The molecule has 0 aromatic rings. The number of nitrogens with zero attached hydrogens (tertiary/aromatic N) is 1. The molecule has 18 heavy (non-hydrogen) atoms. The lowest BCUT2D eigenvalue weighted by Gasteiger charge is -2.40. The number of hydrogen-bond acceptors (Lipinski definition) is 5. The van der Waals surface area contributed by atoms with E-state index in [2.05, 4.69) is 5.32 Å². The molecule has 0 bridgehead atoms. The summed E-state index contributed by atoms with van der Waals surface area (Å²) in [6, 6.07) is 0. The van der Waals surface area contributed by atoms with Gasteiger partial charge < -0.3 is 25.2 Å². The van der Waals surface area contributed by atoms with Gasteiger partial charge in [0.05, 0.1) is 12.7 Å². The molecule has 1 amide bonds. The van der Waals surface area contributed by atoms with Crippen molar-refractivity contribution in [3.8, 4) is 0 Å². The largest absolute Gasteiger partial charge is 0.394 e. The molecule has 0 aromatic carbocycles. The maximum atomic E-state index is 11.1. The van der Waals surface area contributed by atoms with Crippen LogP contribution in [0.3, 0.4) is 0 Å². The van der Waals surface area contributed by atoms with Gasteiger partial charge in [-0.25, -0.2) is 0 Å². The molecule has 2 heterocycles. The summed E-state index contributed by atoms with van der Waals surface area (Å²) in [5.41, 5.74) is -0.249. The average molecular weight is 256 g/mol. The summed E-state index contributed by atoms with van der Waals surface area (Å²) in [4.78, 5) is 12.7. The number of carbonyl (C=O) groups is 1. The maximum Gasteiger partial charge on any atom is 0.248 e. The first kappa shape index (κ1) is 13.3. The van der Waals surface area contributed by atoms with Crippen LogP contribution in [0.2, 0.25) is 0 Å². The van der Waals surface area contributed by atoms with Crippen LogP contribution in [0.15, 0.2) is 12.3 Å². The van der Waals surface area contributed by atoms with Crippen molar-refractivity contribution in [2.45, 2.75) is 39.5 Å². The second-order valence-corrected chi connectivity index (χ2v) is 5.46. The Morgan fingerprint density at radius 2 is 2.22 bits per heavy atom. The van der Waals surface area contributed by atoms with E-state index in [0.29, 0.717) is 0 Å². The molecule has 4 unspecified atom stereocenters. The van der Waals surface area contributed by atoms with Crippen molar-refractivity contribution in [2.24, 2.45) is 11.3 Å². The molecule has 2 rings (SSSR count). The van der Waals surface area contributed by atoms with Crippen molar-refractivity contribution in [1.82, 2.24) is 10.2 Å². The Hall–Kier alpha value is -1.11. The van der Waals surface area contributed by atoms with Crippen molar-refractivity contribution in [2.75, 3.05) is 6.61 Å². The maximum absolute atomic E-state index is 11.1. The Balaban J connectivity index is 2.23. The van der Waals surface area contributed by atoms with Gasteiger partial charge in [-0.05, 0) is 5.92 Å². The molecule has 2 aliphatic heterocycles. The van der Waals surface area contributed by atoms with E-state index in [0.717, 1.165) is 0 Å². The van der Waals surface area contributed by atoms with Crippen molar-refractivity contribution < 1.29 is 19.7 Å². The van der Waals surface area contributed by atoms with Gasteiger partial charge in [0.2, 0.25) is 12.3 Å². The van der Waals surface area contributed by atoms with Crippen LogP contribution in [-0.2, 0) is 9.53 Å². The molecule has 0 saturated carbocycles. The lowest BCUT2D eigenvalue weighted by Crippen LogP contribution is -2.55. The van der Waals surface area contributed by atoms with Crippen molar-refractivity contribution in [3.05, 3.63) is 12.3 Å². The van der Waals surface area contributed by atoms with E-state index in [1.54, 1.807) is 4.90 Å². The number of rotatable bonds is 2. The van der Waals surface area contributed by atoms with Gasteiger partial charge in [0, 0.05) is 17.7 Å². The quantitative estimate of drug-likeness (QED) is 0.625. The summed E-state index contributed by atoms with van der Waals surface area (Å²) >= 11 is 0. The fourth-order valence-corrected chi connectivity index (χ4v) is 2.51. The number of carbonyl (C=O) groups excluding carboxylic acids is 1. The smallest absolute Gasteiger partial charge is 0.248 e. The molecule has 2 aliphatic rings. The van der Waals surface area contributed by atoms with Gasteiger partial charge in [0.1, 0.15) is 6.23 Å². The first-order valence-corrected chi connectivity index (χ1v) is 6.08. The number of aliphatic hydroxyl groups is 2. The summed E-state index contributed by atoms with van der Waals surface area (Å²) < 4.78 is 5.80. The van der Waals surface area contributed by atoms with Crippen molar-refractivity contribution in [3.63, 3.8) is 0 Å². The zero-order chi connectivity index (χ0) is 13.5. The molecule has 1 saturated heterocycles. The van der Waals surface area contributed by atoms with Crippen LogP contribution in [0.5, 0.6) is 0 Å². The molecule has 0 aromatic heterocycles. The fraction of sp³-hybridized carbons (Fsp3) is 0.750. The van der Waals surface area contributed by atoms with Crippen LogP contribution in [0.1, 0.15) is 20.8 Å². The monoisotopic (exact) mass is 256 g/mol. The molecule has 1 fully saturated rings. The standard InChI is InChI=1S/C12H20N2O4/c1-7-8(6-15)18-10(12(7,2)3)14-5-4-9(16)13-11(14)17/h4-5,7-8,10-11,15,17H,6H2,1-3H3,(H,13,16). The van der Waals surface area contributed by atoms with Gasteiger partial charge in [-0.2, -0.15) is 0 Å². The van der Waals surface area contributed by atoms with Gasteiger partial charge in [0.15, 0.2) is 0 Å². The van der Waals surface area contributed by atoms with Crippen LogP contribution in [0, 0.1) is 11.3 Å². The second-order valence-electron chi connectivity index (χ2n) is 5.46. The van der Waals surface area contributed by atoms with Gasteiger partial charge in [-0.3, -0.25) is 4.79 Å². The van der Waals surface area contributed by atoms with Gasteiger partial charge in [-0.15, -0.1) is 0 Å².